The Bertz CT molecular complexity index is 1040. The van der Waals surface area contributed by atoms with Crippen LogP contribution in [0.3, 0.4) is 0 Å². The van der Waals surface area contributed by atoms with Crippen LogP contribution in [0.4, 0.5) is 5.69 Å². The molecule has 0 atom stereocenters. The van der Waals surface area contributed by atoms with Gasteiger partial charge in [-0.3, -0.25) is 14.9 Å². The molecule has 0 saturated carbocycles. The summed E-state index contributed by atoms with van der Waals surface area (Å²) < 4.78 is 1.48. The van der Waals surface area contributed by atoms with Gasteiger partial charge in [-0.2, -0.15) is 10.1 Å². The maximum Gasteiger partial charge on any atom is 0.311 e. The van der Waals surface area contributed by atoms with E-state index in [2.05, 4.69) is 25.6 Å². The van der Waals surface area contributed by atoms with Gasteiger partial charge in [-0.1, -0.05) is 0 Å². The van der Waals surface area contributed by atoms with Gasteiger partial charge in [-0.15, -0.1) is 5.10 Å². The standard InChI is InChI=1S/C16H15N7O3/c1-9-8-10(2)22-16(17-9)18-14(21-22)15(24)20-19-11(3)12-4-6-13(7-5-12)23(25)26/h4-8H,1-3H3,(H,20,24). The summed E-state index contributed by atoms with van der Waals surface area (Å²) in [4.78, 5) is 30.7. The monoisotopic (exact) mass is 353 g/mol. The smallest absolute Gasteiger partial charge is 0.264 e. The first kappa shape index (κ1) is 17.1. The second kappa shape index (κ2) is 6.67. The Labute approximate surface area is 147 Å². The number of carbonyl (C=O) groups is 1. The summed E-state index contributed by atoms with van der Waals surface area (Å²) >= 11 is 0. The van der Waals surface area contributed by atoms with Crippen LogP contribution in [-0.2, 0) is 0 Å². The van der Waals surface area contributed by atoms with E-state index in [-0.39, 0.29) is 11.5 Å². The highest BCUT2D eigenvalue weighted by Crippen LogP contribution is 2.12. The fraction of sp³-hybridized carbons (Fsp3) is 0.188. The molecule has 2 heterocycles. The van der Waals surface area contributed by atoms with Crippen LogP contribution in [0.25, 0.3) is 5.78 Å². The number of non-ortho nitro benzene ring substituents is 1. The Morgan fingerprint density at radius 2 is 1.92 bits per heavy atom. The van der Waals surface area contributed by atoms with E-state index in [9.17, 15) is 14.9 Å². The first-order chi connectivity index (χ1) is 12.3. The van der Waals surface area contributed by atoms with Gasteiger partial charge in [0.25, 0.3) is 11.5 Å². The number of aryl methyl sites for hydroxylation is 2. The van der Waals surface area contributed by atoms with Crippen LogP contribution in [0.1, 0.15) is 34.5 Å². The van der Waals surface area contributed by atoms with Crippen LogP contribution in [0, 0.1) is 24.0 Å². The van der Waals surface area contributed by atoms with Gasteiger partial charge in [0.05, 0.1) is 10.6 Å². The second-order valence-electron chi connectivity index (χ2n) is 5.63. The van der Waals surface area contributed by atoms with Gasteiger partial charge >= 0.3 is 5.91 Å². The van der Waals surface area contributed by atoms with E-state index in [1.54, 1.807) is 19.1 Å². The average molecular weight is 353 g/mol. The molecule has 10 heteroatoms. The number of aromatic nitrogens is 4. The van der Waals surface area contributed by atoms with Gasteiger partial charge in [0.15, 0.2) is 0 Å². The van der Waals surface area contributed by atoms with Crippen molar-refractivity contribution in [3.8, 4) is 0 Å². The predicted molar refractivity (Wildman–Crippen MR) is 93.0 cm³/mol. The molecule has 1 aromatic carbocycles. The Balaban J connectivity index is 1.78. The van der Waals surface area contributed by atoms with Crippen molar-refractivity contribution < 1.29 is 9.72 Å². The number of nitro groups is 1. The topological polar surface area (TPSA) is 128 Å². The molecule has 0 fully saturated rings. The zero-order valence-corrected chi connectivity index (χ0v) is 14.3. The fourth-order valence-corrected chi connectivity index (χ4v) is 2.34. The number of benzene rings is 1. The van der Waals surface area contributed by atoms with Crippen molar-refractivity contribution in [2.24, 2.45) is 5.10 Å². The summed E-state index contributed by atoms with van der Waals surface area (Å²) in [5.41, 5.74) is 5.08. The molecule has 0 spiro atoms. The molecule has 3 rings (SSSR count). The summed E-state index contributed by atoms with van der Waals surface area (Å²) in [7, 11) is 0. The number of nitro benzene ring substituents is 1. The van der Waals surface area contributed by atoms with Crippen molar-refractivity contribution in [3.05, 3.63) is 63.2 Å². The number of carbonyl (C=O) groups excluding carboxylic acids is 1. The zero-order valence-electron chi connectivity index (χ0n) is 14.3. The Morgan fingerprint density at radius 1 is 1.23 bits per heavy atom. The molecule has 0 aliphatic carbocycles. The van der Waals surface area contributed by atoms with Crippen molar-refractivity contribution in [2.45, 2.75) is 20.8 Å². The van der Waals surface area contributed by atoms with E-state index >= 15 is 0 Å². The predicted octanol–water partition coefficient (Wildman–Crippen LogP) is 1.80. The highest BCUT2D eigenvalue weighted by atomic mass is 16.6. The largest absolute Gasteiger partial charge is 0.311 e. The second-order valence-corrected chi connectivity index (χ2v) is 5.63. The minimum absolute atomic E-state index is 0.0161. The first-order valence-corrected chi connectivity index (χ1v) is 7.65. The van der Waals surface area contributed by atoms with Gasteiger partial charge in [0.2, 0.25) is 5.82 Å². The molecule has 0 aliphatic rings. The van der Waals surface area contributed by atoms with E-state index in [1.807, 2.05) is 19.9 Å². The van der Waals surface area contributed by atoms with Crippen LogP contribution in [-0.4, -0.2) is 36.1 Å². The first-order valence-electron chi connectivity index (χ1n) is 7.65. The molecule has 132 valence electrons. The molecular formula is C16H15N7O3. The minimum atomic E-state index is -0.575. The molecule has 10 nitrogen and oxygen atoms in total. The molecule has 0 bridgehead atoms. The molecule has 0 aliphatic heterocycles. The van der Waals surface area contributed by atoms with E-state index in [1.165, 1.54) is 16.6 Å². The van der Waals surface area contributed by atoms with Crippen LogP contribution < -0.4 is 5.43 Å². The summed E-state index contributed by atoms with van der Waals surface area (Å²) in [6, 6.07) is 7.69. The lowest BCUT2D eigenvalue weighted by atomic mass is 10.1. The number of amides is 1. The summed E-state index contributed by atoms with van der Waals surface area (Å²) in [6.45, 7) is 5.35. The van der Waals surface area contributed by atoms with Crippen LogP contribution in [0.5, 0.6) is 0 Å². The Kier molecular flexibility index (Phi) is 4.40. The molecule has 0 saturated heterocycles. The molecule has 1 N–H and O–H groups in total. The summed E-state index contributed by atoms with van der Waals surface area (Å²) in [5, 5.41) is 18.8. The van der Waals surface area contributed by atoms with Crippen molar-refractivity contribution in [1.82, 2.24) is 25.0 Å². The third kappa shape index (κ3) is 3.38. The number of hydrazone groups is 1. The number of fused-ring (bicyclic) bond motifs is 1. The fourth-order valence-electron chi connectivity index (χ4n) is 2.34. The van der Waals surface area contributed by atoms with Crippen molar-refractivity contribution >= 4 is 23.1 Å². The molecule has 2 aromatic heterocycles. The maximum absolute atomic E-state index is 12.2. The molecular weight excluding hydrogens is 338 g/mol. The minimum Gasteiger partial charge on any atom is -0.264 e. The average Bonchev–Trinajstić information content (AvgIpc) is 3.04. The van der Waals surface area contributed by atoms with E-state index < -0.39 is 10.8 Å². The highest BCUT2D eigenvalue weighted by molar-refractivity contribution is 6.00. The molecule has 1 amide bonds. The number of nitrogens with one attached hydrogen (secondary N) is 1. The van der Waals surface area contributed by atoms with Gasteiger partial charge in [0.1, 0.15) is 0 Å². The van der Waals surface area contributed by atoms with Gasteiger partial charge < -0.3 is 0 Å². The lowest BCUT2D eigenvalue weighted by Crippen LogP contribution is -2.20. The van der Waals surface area contributed by atoms with Crippen LogP contribution in [0.2, 0.25) is 0 Å². The normalized spacial score (nSPS) is 11.6. The third-order valence-electron chi connectivity index (χ3n) is 3.64. The van der Waals surface area contributed by atoms with Crippen molar-refractivity contribution in [1.29, 1.82) is 0 Å². The maximum atomic E-state index is 12.2. The summed E-state index contributed by atoms with van der Waals surface area (Å²) in [5.74, 6) is -0.288. The summed E-state index contributed by atoms with van der Waals surface area (Å²) in [6.07, 6.45) is 0. The molecule has 0 radical (unpaired) electrons. The van der Waals surface area contributed by atoms with E-state index in [0.717, 1.165) is 11.4 Å². The van der Waals surface area contributed by atoms with Gasteiger partial charge in [-0.25, -0.2) is 14.9 Å². The van der Waals surface area contributed by atoms with E-state index in [0.29, 0.717) is 17.1 Å². The number of hydrogen-bond acceptors (Lipinski definition) is 7. The lowest BCUT2D eigenvalue weighted by Gasteiger charge is -2.01. The zero-order chi connectivity index (χ0) is 18.8. The Morgan fingerprint density at radius 3 is 2.58 bits per heavy atom. The quantitative estimate of drug-likeness (QED) is 0.433. The van der Waals surface area contributed by atoms with Gasteiger partial charge in [0, 0.05) is 23.5 Å². The number of rotatable bonds is 4. The van der Waals surface area contributed by atoms with Gasteiger partial charge in [-0.05, 0) is 44.5 Å². The highest BCUT2D eigenvalue weighted by Gasteiger charge is 2.15. The Hall–Kier alpha value is -3.69. The lowest BCUT2D eigenvalue weighted by molar-refractivity contribution is -0.384. The number of nitrogens with zero attached hydrogens (tertiary/aromatic N) is 6. The number of hydrogen-bond donors (Lipinski definition) is 1. The molecule has 0 unspecified atom stereocenters. The van der Waals surface area contributed by atoms with Crippen molar-refractivity contribution in [3.63, 3.8) is 0 Å². The van der Waals surface area contributed by atoms with Crippen molar-refractivity contribution in [2.75, 3.05) is 0 Å². The SMILES string of the molecule is CC(=NNC(=O)c1nc2nc(C)cc(C)n2n1)c1ccc([N+](=O)[O-])cc1. The van der Waals surface area contributed by atoms with Crippen LogP contribution >= 0.6 is 0 Å². The van der Waals surface area contributed by atoms with Crippen LogP contribution in [0.15, 0.2) is 35.4 Å². The molecule has 3 aromatic rings. The molecule has 26 heavy (non-hydrogen) atoms. The van der Waals surface area contributed by atoms with E-state index in [4.69, 9.17) is 0 Å². The third-order valence-corrected chi connectivity index (χ3v) is 3.64.